The molecule has 0 fully saturated rings. The molecule has 1 aromatic rings. The summed E-state index contributed by atoms with van der Waals surface area (Å²) in [6.07, 6.45) is 0.330. The van der Waals surface area contributed by atoms with Crippen molar-refractivity contribution in [3.8, 4) is 0 Å². The molecule has 0 saturated carbocycles. The molecule has 0 saturated heterocycles. The van der Waals surface area contributed by atoms with Crippen LogP contribution in [-0.4, -0.2) is 16.2 Å². The molecule has 1 N–H and O–H groups in total. The SMILES string of the molecule is CCC(=O)Sc1cc(C(=O)O)c(F)cc1Br. The minimum Gasteiger partial charge on any atom is -0.478 e. The van der Waals surface area contributed by atoms with Crippen LogP contribution in [0.3, 0.4) is 0 Å². The Kier molecular flexibility index (Phi) is 4.49. The summed E-state index contributed by atoms with van der Waals surface area (Å²) in [5.74, 6) is -2.18. The first-order valence-electron chi connectivity index (χ1n) is 4.38. The molecule has 0 amide bonds. The molecule has 16 heavy (non-hydrogen) atoms. The lowest BCUT2D eigenvalue weighted by molar-refractivity contribution is -0.110. The van der Waals surface area contributed by atoms with E-state index in [9.17, 15) is 14.0 Å². The zero-order chi connectivity index (χ0) is 12.3. The number of halogens is 2. The van der Waals surface area contributed by atoms with E-state index in [1.165, 1.54) is 0 Å². The van der Waals surface area contributed by atoms with E-state index < -0.39 is 17.3 Å². The number of carbonyl (C=O) groups is 2. The van der Waals surface area contributed by atoms with Crippen molar-refractivity contribution in [3.05, 3.63) is 28.0 Å². The van der Waals surface area contributed by atoms with E-state index in [0.29, 0.717) is 15.8 Å². The van der Waals surface area contributed by atoms with Gasteiger partial charge in [0.2, 0.25) is 0 Å². The van der Waals surface area contributed by atoms with Crippen LogP contribution < -0.4 is 0 Å². The Bertz CT molecular complexity index is 448. The van der Waals surface area contributed by atoms with Gasteiger partial charge in [0.15, 0.2) is 5.12 Å². The minimum absolute atomic E-state index is 0.108. The van der Waals surface area contributed by atoms with E-state index in [4.69, 9.17) is 5.11 Å². The number of hydrogen-bond acceptors (Lipinski definition) is 3. The molecule has 0 heterocycles. The predicted molar refractivity (Wildman–Crippen MR) is 62.2 cm³/mol. The standard InChI is InChI=1S/C10H8BrFO3S/c1-2-9(13)16-8-3-5(10(14)15)7(12)4-6(8)11/h3-4H,2H2,1H3,(H,14,15). The largest absolute Gasteiger partial charge is 0.478 e. The van der Waals surface area contributed by atoms with Crippen molar-refractivity contribution in [1.29, 1.82) is 0 Å². The quantitative estimate of drug-likeness (QED) is 0.870. The molecule has 6 heteroatoms. The van der Waals surface area contributed by atoms with Crippen LogP contribution in [0.1, 0.15) is 23.7 Å². The van der Waals surface area contributed by atoms with Crippen LogP contribution in [0.15, 0.2) is 21.5 Å². The molecule has 0 spiro atoms. The second-order valence-corrected chi connectivity index (χ2v) is 4.85. The number of benzene rings is 1. The van der Waals surface area contributed by atoms with Crippen LogP contribution in [0.2, 0.25) is 0 Å². The van der Waals surface area contributed by atoms with E-state index in [1.807, 2.05) is 0 Å². The molecule has 0 bridgehead atoms. The lowest BCUT2D eigenvalue weighted by Gasteiger charge is -2.05. The number of hydrogen-bond donors (Lipinski definition) is 1. The molecule has 0 radical (unpaired) electrons. The molecule has 0 aliphatic carbocycles. The zero-order valence-electron chi connectivity index (χ0n) is 8.29. The van der Waals surface area contributed by atoms with E-state index in [1.54, 1.807) is 6.92 Å². The summed E-state index contributed by atoms with van der Waals surface area (Å²) in [4.78, 5) is 22.3. The Morgan fingerprint density at radius 2 is 2.12 bits per heavy atom. The lowest BCUT2D eigenvalue weighted by Crippen LogP contribution is -2.01. The Balaban J connectivity index is 3.14. The Hall–Kier alpha value is -0.880. The highest BCUT2D eigenvalue weighted by molar-refractivity contribution is 9.10. The van der Waals surface area contributed by atoms with Gasteiger partial charge < -0.3 is 5.11 Å². The van der Waals surface area contributed by atoms with Gasteiger partial charge in [0.05, 0.1) is 5.56 Å². The first kappa shape index (κ1) is 13.2. The lowest BCUT2D eigenvalue weighted by atomic mass is 10.2. The van der Waals surface area contributed by atoms with Gasteiger partial charge in [-0.25, -0.2) is 9.18 Å². The fraction of sp³-hybridized carbons (Fsp3) is 0.200. The van der Waals surface area contributed by atoms with Gasteiger partial charge in [-0.2, -0.15) is 0 Å². The fourth-order valence-corrected chi connectivity index (χ4v) is 2.25. The number of carboxylic acids is 1. The summed E-state index contributed by atoms with van der Waals surface area (Å²) in [5, 5.41) is 8.62. The van der Waals surface area contributed by atoms with Gasteiger partial charge in [-0.1, -0.05) is 18.7 Å². The predicted octanol–water partition coefficient (Wildman–Crippen LogP) is 3.32. The average molecular weight is 307 g/mol. The van der Waals surface area contributed by atoms with Gasteiger partial charge >= 0.3 is 5.97 Å². The van der Waals surface area contributed by atoms with E-state index in [-0.39, 0.29) is 5.12 Å². The molecule has 0 unspecified atom stereocenters. The number of aromatic carboxylic acids is 1. The van der Waals surface area contributed by atoms with E-state index >= 15 is 0 Å². The minimum atomic E-state index is -1.35. The summed E-state index contributed by atoms with van der Waals surface area (Å²) >= 11 is 3.98. The Morgan fingerprint density at radius 3 is 2.62 bits per heavy atom. The van der Waals surface area contributed by atoms with Crippen LogP contribution in [0.5, 0.6) is 0 Å². The van der Waals surface area contributed by atoms with E-state index in [2.05, 4.69) is 15.9 Å². The smallest absolute Gasteiger partial charge is 0.338 e. The number of rotatable bonds is 3. The van der Waals surface area contributed by atoms with Gasteiger partial charge in [-0.05, 0) is 28.1 Å². The van der Waals surface area contributed by atoms with Gasteiger partial charge in [0.1, 0.15) is 5.82 Å². The third-order valence-electron chi connectivity index (χ3n) is 1.76. The number of thioether (sulfide) groups is 1. The average Bonchev–Trinajstić information content (AvgIpc) is 2.21. The van der Waals surface area contributed by atoms with Crippen molar-refractivity contribution >= 4 is 38.8 Å². The van der Waals surface area contributed by atoms with Crippen molar-refractivity contribution in [1.82, 2.24) is 0 Å². The molecule has 86 valence electrons. The highest BCUT2D eigenvalue weighted by Gasteiger charge is 2.15. The monoisotopic (exact) mass is 306 g/mol. The third-order valence-corrected chi connectivity index (χ3v) is 3.76. The van der Waals surface area contributed by atoms with Crippen LogP contribution >= 0.6 is 27.7 Å². The molecular weight excluding hydrogens is 299 g/mol. The maximum absolute atomic E-state index is 13.2. The summed E-state index contributed by atoms with van der Waals surface area (Å²) in [6, 6.07) is 2.20. The third kappa shape index (κ3) is 3.05. The van der Waals surface area contributed by atoms with Crippen molar-refractivity contribution < 1.29 is 19.1 Å². The van der Waals surface area contributed by atoms with Gasteiger partial charge in [-0.15, -0.1) is 0 Å². The number of carbonyl (C=O) groups excluding carboxylic acids is 1. The van der Waals surface area contributed by atoms with Gasteiger partial charge in [-0.3, -0.25) is 4.79 Å². The first-order valence-corrected chi connectivity index (χ1v) is 5.99. The van der Waals surface area contributed by atoms with Gasteiger partial charge in [0, 0.05) is 15.8 Å². The van der Waals surface area contributed by atoms with Crippen molar-refractivity contribution in [3.63, 3.8) is 0 Å². The zero-order valence-corrected chi connectivity index (χ0v) is 10.7. The second-order valence-electron chi connectivity index (χ2n) is 2.90. The topological polar surface area (TPSA) is 54.4 Å². The van der Waals surface area contributed by atoms with Crippen molar-refractivity contribution in [2.24, 2.45) is 0 Å². The van der Waals surface area contributed by atoms with Crippen molar-refractivity contribution in [2.45, 2.75) is 18.2 Å². The van der Waals surface area contributed by atoms with Crippen LogP contribution in [-0.2, 0) is 4.79 Å². The van der Waals surface area contributed by atoms with Crippen LogP contribution in [0.25, 0.3) is 0 Å². The molecule has 1 aromatic carbocycles. The van der Waals surface area contributed by atoms with E-state index in [0.717, 1.165) is 23.9 Å². The fourth-order valence-electron chi connectivity index (χ4n) is 0.966. The normalized spacial score (nSPS) is 10.2. The molecule has 3 nitrogen and oxygen atoms in total. The molecule has 0 aliphatic heterocycles. The molecule has 0 atom stereocenters. The summed E-state index contributed by atoms with van der Waals surface area (Å²) in [6.45, 7) is 1.70. The van der Waals surface area contributed by atoms with Crippen LogP contribution in [0, 0.1) is 5.82 Å². The maximum Gasteiger partial charge on any atom is 0.338 e. The highest BCUT2D eigenvalue weighted by Crippen LogP contribution is 2.31. The van der Waals surface area contributed by atoms with Crippen LogP contribution in [0.4, 0.5) is 4.39 Å². The second kappa shape index (κ2) is 5.45. The molecule has 0 aromatic heterocycles. The summed E-state index contributed by atoms with van der Waals surface area (Å²) in [5.41, 5.74) is -0.436. The molecule has 0 aliphatic rings. The molecular formula is C10H8BrFO3S. The Morgan fingerprint density at radius 1 is 1.50 bits per heavy atom. The summed E-state index contributed by atoms with van der Waals surface area (Å²) in [7, 11) is 0. The highest BCUT2D eigenvalue weighted by atomic mass is 79.9. The first-order chi connectivity index (χ1) is 7.45. The van der Waals surface area contributed by atoms with Gasteiger partial charge in [0.25, 0.3) is 0 Å². The molecule has 1 rings (SSSR count). The number of carboxylic acid groups (broad SMARTS) is 1. The van der Waals surface area contributed by atoms with Crippen molar-refractivity contribution in [2.75, 3.05) is 0 Å². The maximum atomic E-state index is 13.2. The Labute approximate surface area is 104 Å². The summed E-state index contributed by atoms with van der Waals surface area (Å²) < 4.78 is 13.6.